The summed E-state index contributed by atoms with van der Waals surface area (Å²) in [5.41, 5.74) is 0.812. The molecule has 0 saturated carbocycles. The summed E-state index contributed by atoms with van der Waals surface area (Å²) in [4.78, 5) is 0. The third-order valence-electron chi connectivity index (χ3n) is 3.09. The van der Waals surface area contributed by atoms with Crippen molar-refractivity contribution in [3.63, 3.8) is 0 Å². The van der Waals surface area contributed by atoms with E-state index in [0.29, 0.717) is 24.1 Å². The number of furan rings is 1. The van der Waals surface area contributed by atoms with Crippen LogP contribution in [0.3, 0.4) is 0 Å². The van der Waals surface area contributed by atoms with Gasteiger partial charge in [0.2, 0.25) is 0 Å². The molecule has 0 spiro atoms. The number of nitrogens with one attached hydrogen (secondary N) is 1. The van der Waals surface area contributed by atoms with Crippen molar-refractivity contribution in [2.45, 2.75) is 46.2 Å². The molecule has 2 nitrogen and oxygen atoms in total. The minimum atomic E-state index is -0.510. The Labute approximate surface area is 111 Å². The van der Waals surface area contributed by atoms with Crippen LogP contribution in [0.4, 0.5) is 8.78 Å². The second kappa shape index (κ2) is 5.70. The molecule has 0 amide bonds. The summed E-state index contributed by atoms with van der Waals surface area (Å²) in [6.45, 7) is 6.53. The van der Waals surface area contributed by atoms with Gasteiger partial charge in [-0.15, -0.1) is 0 Å². The van der Waals surface area contributed by atoms with Crippen LogP contribution in [-0.2, 0) is 13.0 Å². The fraction of sp³-hybridized carbons (Fsp3) is 0.467. The van der Waals surface area contributed by atoms with Crippen LogP contribution in [0, 0.1) is 11.6 Å². The van der Waals surface area contributed by atoms with Crippen LogP contribution in [-0.4, -0.2) is 6.04 Å². The predicted molar refractivity (Wildman–Crippen MR) is 72.1 cm³/mol. The maximum absolute atomic E-state index is 13.9. The molecule has 0 aliphatic heterocycles. The van der Waals surface area contributed by atoms with Gasteiger partial charge in [0.15, 0.2) is 11.4 Å². The summed E-state index contributed by atoms with van der Waals surface area (Å²) in [6.07, 6.45) is 1.54. The Morgan fingerprint density at radius 1 is 1.21 bits per heavy atom. The van der Waals surface area contributed by atoms with Gasteiger partial charge < -0.3 is 9.73 Å². The van der Waals surface area contributed by atoms with E-state index in [2.05, 4.69) is 5.32 Å². The monoisotopic (exact) mass is 267 g/mol. The Morgan fingerprint density at radius 3 is 2.53 bits per heavy atom. The Kier molecular flexibility index (Phi) is 4.20. The Morgan fingerprint density at radius 2 is 1.89 bits per heavy atom. The van der Waals surface area contributed by atoms with Gasteiger partial charge in [0.25, 0.3) is 0 Å². The first-order valence-corrected chi connectivity index (χ1v) is 6.66. The molecular weight excluding hydrogens is 248 g/mol. The summed E-state index contributed by atoms with van der Waals surface area (Å²) in [7, 11) is 0. The van der Waals surface area contributed by atoms with E-state index in [9.17, 15) is 8.78 Å². The topological polar surface area (TPSA) is 25.2 Å². The molecule has 104 valence electrons. The zero-order valence-corrected chi connectivity index (χ0v) is 11.5. The predicted octanol–water partition coefficient (Wildman–Crippen LogP) is 4.16. The van der Waals surface area contributed by atoms with Crippen molar-refractivity contribution in [2.75, 3.05) is 0 Å². The summed E-state index contributed by atoms with van der Waals surface area (Å²) < 4.78 is 33.2. The molecule has 0 fully saturated rings. The van der Waals surface area contributed by atoms with Crippen LogP contribution in [0.2, 0.25) is 0 Å². The van der Waals surface area contributed by atoms with Gasteiger partial charge in [-0.25, -0.2) is 8.78 Å². The van der Waals surface area contributed by atoms with Gasteiger partial charge >= 0.3 is 0 Å². The first-order valence-electron chi connectivity index (χ1n) is 6.66. The molecule has 1 heterocycles. The first-order chi connectivity index (χ1) is 9.04. The molecule has 0 saturated heterocycles. The standard InChI is InChI=1S/C15H19F2NO/c1-4-5-10-13(8-18-9(2)3)19-15-12(17)7-6-11(16)14(10)15/h6-7,9,18H,4-5,8H2,1-3H3. The average molecular weight is 267 g/mol. The highest BCUT2D eigenvalue weighted by atomic mass is 19.1. The SMILES string of the molecule is CCCc1c(CNC(C)C)oc2c(F)ccc(F)c12. The van der Waals surface area contributed by atoms with E-state index in [1.165, 1.54) is 0 Å². The molecule has 1 N–H and O–H groups in total. The third kappa shape index (κ3) is 2.78. The molecule has 1 aromatic carbocycles. The molecule has 0 atom stereocenters. The second-order valence-electron chi connectivity index (χ2n) is 5.02. The summed E-state index contributed by atoms with van der Waals surface area (Å²) in [5, 5.41) is 3.52. The van der Waals surface area contributed by atoms with E-state index >= 15 is 0 Å². The lowest BCUT2D eigenvalue weighted by Crippen LogP contribution is -2.22. The second-order valence-corrected chi connectivity index (χ2v) is 5.02. The van der Waals surface area contributed by atoms with Crippen LogP contribution in [0.1, 0.15) is 38.5 Å². The number of aryl methyl sites for hydroxylation is 1. The number of halogens is 2. The van der Waals surface area contributed by atoms with Gasteiger partial charge in [0, 0.05) is 11.6 Å². The molecule has 4 heteroatoms. The molecule has 0 aliphatic rings. The van der Waals surface area contributed by atoms with Crippen molar-refractivity contribution < 1.29 is 13.2 Å². The maximum atomic E-state index is 13.9. The minimum absolute atomic E-state index is 0.0315. The Bertz CT molecular complexity index is 575. The number of hydrogen-bond donors (Lipinski definition) is 1. The van der Waals surface area contributed by atoms with Gasteiger partial charge in [0.1, 0.15) is 11.6 Å². The van der Waals surface area contributed by atoms with Crippen LogP contribution >= 0.6 is 0 Å². The van der Waals surface area contributed by atoms with E-state index in [0.717, 1.165) is 24.1 Å². The highest BCUT2D eigenvalue weighted by molar-refractivity contribution is 5.83. The summed E-state index contributed by atoms with van der Waals surface area (Å²) in [6, 6.07) is 2.56. The lowest BCUT2D eigenvalue weighted by atomic mass is 10.1. The zero-order valence-electron chi connectivity index (χ0n) is 11.5. The smallest absolute Gasteiger partial charge is 0.173 e. The molecule has 0 unspecified atom stereocenters. The number of fused-ring (bicyclic) bond motifs is 1. The fourth-order valence-corrected chi connectivity index (χ4v) is 2.19. The van der Waals surface area contributed by atoms with Crippen molar-refractivity contribution in [2.24, 2.45) is 0 Å². The molecule has 0 bridgehead atoms. The fourth-order valence-electron chi connectivity index (χ4n) is 2.19. The van der Waals surface area contributed by atoms with Gasteiger partial charge in [0.05, 0.1) is 11.9 Å². The van der Waals surface area contributed by atoms with Crippen molar-refractivity contribution >= 4 is 11.0 Å². The summed E-state index contributed by atoms with van der Waals surface area (Å²) in [5.74, 6) is -0.293. The highest BCUT2D eigenvalue weighted by Gasteiger charge is 2.19. The van der Waals surface area contributed by atoms with Crippen molar-refractivity contribution in [3.05, 3.63) is 35.1 Å². The lowest BCUT2D eigenvalue weighted by molar-refractivity contribution is 0.471. The number of hydrogen-bond acceptors (Lipinski definition) is 2. The zero-order chi connectivity index (χ0) is 14.0. The largest absolute Gasteiger partial charge is 0.456 e. The average Bonchev–Trinajstić information content (AvgIpc) is 2.72. The van der Waals surface area contributed by atoms with Crippen LogP contribution in [0.5, 0.6) is 0 Å². The van der Waals surface area contributed by atoms with E-state index in [1.54, 1.807) is 0 Å². The molecule has 0 aliphatic carbocycles. The van der Waals surface area contributed by atoms with Crippen LogP contribution < -0.4 is 5.32 Å². The van der Waals surface area contributed by atoms with E-state index in [-0.39, 0.29) is 11.6 Å². The van der Waals surface area contributed by atoms with Gasteiger partial charge in [-0.2, -0.15) is 0 Å². The quantitative estimate of drug-likeness (QED) is 0.880. The number of benzene rings is 1. The van der Waals surface area contributed by atoms with Gasteiger partial charge in [-0.1, -0.05) is 27.2 Å². The lowest BCUT2D eigenvalue weighted by Gasteiger charge is -2.07. The van der Waals surface area contributed by atoms with Crippen molar-refractivity contribution in [3.8, 4) is 0 Å². The van der Waals surface area contributed by atoms with E-state index < -0.39 is 11.6 Å². The molecular formula is C15H19F2NO. The highest BCUT2D eigenvalue weighted by Crippen LogP contribution is 2.31. The van der Waals surface area contributed by atoms with Crippen molar-refractivity contribution in [1.82, 2.24) is 5.32 Å². The molecule has 1 aromatic heterocycles. The van der Waals surface area contributed by atoms with E-state index in [4.69, 9.17) is 4.42 Å². The maximum Gasteiger partial charge on any atom is 0.173 e. The molecule has 2 aromatic rings. The Balaban J connectivity index is 2.53. The van der Waals surface area contributed by atoms with Gasteiger partial charge in [-0.3, -0.25) is 0 Å². The van der Waals surface area contributed by atoms with Crippen LogP contribution in [0.15, 0.2) is 16.5 Å². The Hall–Kier alpha value is -1.42. The minimum Gasteiger partial charge on any atom is -0.456 e. The van der Waals surface area contributed by atoms with Gasteiger partial charge in [-0.05, 0) is 18.6 Å². The summed E-state index contributed by atoms with van der Waals surface area (Å²) >= 11 is 0. The number of rotatable bonds is 5. The third-order valence-corrected chi connectivity index (χ3v) is 3.09. The molecule has 0 radical (unpaired) electrons. The first kappa shape index (κ1) is 14.0. The van der Waals surface area contributed by atoms with Crippen molar-refractivity contribution in [1.29, 1.82) is 0 Å². The molecule has 2 rings (SSSR count). The van der Waals surface area contributed by atoms with Crippen LogP contribution in [0.25, 0.3) is 11.0 Å². The molecule has 19 heavy (non-hydrogen) atoms. The van der Waals surface area contributed by atoms with E-state index in [1.807, 2.05) is 20.8 Å². The normalized spacial score (nSPS) is 11.7.